The van der Waals surface area contributed by atoms with Gasteiger partial charge >= 0.3 is 0 Å². The van der Waals surface area contributed by atoms with Gasteiger partial charge in [-0.3, -0.25) is 0 Å². The first kappa shape index (κ1) is 15.8. The van der Waals surface area contributed by atoms with E-state index in [1.165, 1.54) is 0 Å². The Morgan fingerprint density at radius 2 is 1.70 bits per heavy atom. The van der Waals surface area contributed by atoms with Gasteiger partial charge in [-0.1, -0.05) is 30.3 Å². The van der Waals surface area contributed by atoms with Crippen LogP contribution in [0.3, 0.4) is 0 Å². The number of rotatable bonds is 5. The molecule has 0 aliphatic carbocycles. The van der Waals surface area contributed by atoms with Crippen LogP contribution in [0.4, 0.5) is 0 Å². The van der Waals surface area contributed by atoms with Gasteiger partial charge < -0.3 is 25.2 Å². The molecule has 0 radical (unpaired) electrons. The van der Waals surface area contributed by atoms with Crippen LogP contribution in [0.25, 0.3) is 0 Å². The molecule has 1 heterocycles. The molecule has 0 bridgehead atoms. The van der Waals surface area contributed by atoms with E-state index in [0.717, 1.165) is 17.3 Å². The number of aliphatic hydroxyl groups is 4. The summed E-state index contributed by atoms with van der Waals surface area (Å²) in [6, 6.07) is 9.81. The van der Waals surface area contributed by atoms with Gasteiger partial charge in [-0.25, -0.2) is 0 Å². The van der Waals surface area contributed by atoms with Gasteiger partial charge in [0, 0.05) is 0 Å². The smallest absolute Gasteiger partial charge is 0.132 e. The summed E-state index contributed by atoms with van der Waals surface area (Å²) in [6.07, 6.45) is -2.90. The second-order valence-electron chi connectivity index (χ2n) is 4.80. The molecule has 0 saturated carbocycles. The van der Waals surface area contributed by atoms with Crippen molar-refractivity contribution in [2.45, 2.75) is 35.4 Å². The largest absolute Gasteiger partial charge is 0.395 e. The fraction of sp³-hybridized carbons (Fsp3) is 0.571. The summed E-state index contributed by atoms with van der Waals surface area (Å²) >= 11 is 1.15. The predicted molar refractivity (Wildman–Crippen MR) is 76.4 cm³/mol. The van der Waals surface area contributed by atoms with Crippen LogP contribution in [0.5, 0.6) is 0 Å². The van der Waals surface area contributed by atoms with Gasteiger partial charge in [0.15, 0.2) is 0 Å². The molecule has 0 spiro atoms. The zero-order valence-electron chi connectivity index (χ0n) is 11.0. The van der Waals surface area contributed by atoms with E-state index in [1.54, 1.807) is 0 Å². The van der Waals surface area contributed by atoms with Crippen molar-refractivity contribution in [1.29, 1.82) is 0 Å². The van der Waals surface area contributed by atoms with E-state index in [9.17, 15) is 15.3 Å². The molecule has 1 aliphatic heterocycles. The maximum atomic E-state index is 9.88. The van der Waals surface area contributed by atoms with Gasteiger partial charge in [-0.15, -0.1) is 11.8 Å². The summed E-state index contributed by atoms with van der Waals surface area (Å²) in [5, 5.41) is 37.9. The minimum absolute atomic E-state index is 0.270. The van der Waals surface area contributed by atoms with Crippen molar-refractivity contribution in [3.05, 3.63) is 35.9 Å². The van der Waals surface area contributed by atoms with E-state index in [0.29, 0.717) is 13.0 Å². The lowest BCUT2D eigenvalue weighted by Gasteiger charge is -2.39. The van der Waals surface area contributed by atoms with Gasteiger partial charge in [0.2, 0.25) is 0 Å². The molecule has 1 saturated heterocycles. The molecule has 1 aromatic rings. The zero-order valence-corrected chi connectivity index (χ0v) is 11.8. The maximum absolute atomic E-state index is 9.88. The van der Waals surface area contributed by atoms with E-state index in [2.05, 4.69) is 0 Å². The Hall–Kier alpha value is -0.630. The molecule has 0 unspecified atom stereocenters. The quantitative estimate of drug-likeness (QED) is 0.600. The number of ether oxygens (including phenoxy) is 1. The van der Waals surface area contributed by atoms with E-state index in [4.69, 9.17) is 9.84 Å². The predicted octanol–water partition coefficient (Wildman–Crippen LogP) is -0.238. The molecule has 5 atom stereocenters. The molecule has 112 valence electrons. The summed E-state index contributed by atoms with van der Waals surface area (Å²) in [5.41, 5.74) is 0.483. The van der Waals surface area contributed by atoms with Crippen LogP contribution in [0.1, 0.15) is 5.56 Å². The lowest BCUT2D eigenvalue weighted by atomic mass is 10.0. The Balaban J connectivity index is 1.85. The lowest BCUT2D eigenvalue weighted by Crippen LogP contribution is -2.54. The van der Waals surface area contributed by atoms with Gasteiger partial charge in [0.1, 0.15) is 17.6 Å². The van der Waals surface area contributed by atoms with Gasteiger partial charge in [-0.2, -0.15) is 0 Å². The minimum atomic E-state index is -1.30. The van der Waals surface area contributed by atoms with Crippen LogP contribution >= 0.6 is 11.8 Å². The fourth-order valence-electron chi connectivity index (χ4n) is 2.14. The van der Waals surface area contributed by atoms with Crippen molar-refractivity contribution in [3.63, 3.8) is 0 Å². The molecular weight excluding hydrogens is 280 g/mol. The number of thioether (sulfide) groups is 1. The highest BCUT2D eigenvalue weighted by Gasteiger charge is 2.43. The Labute approximate surface area is 122 Å². The lowest BCUT2D eigenvalue weighted by molar-refractivity contribution is -0.109. The molecule has 4 N–H and O–H groups in total. The highest BCUT2D eigenvalue weighted by Crippen LogP contribution is 2.33. The van der Waals surface area contributed by atoms with Crippen LogP contribution in [-0.2, 0) is 11.2 Å². The monoisotopic (exact) mass is 300 g/mol. The second-order valence-corrected chi connectivity index (χ2v) is 6.15. The number of aliphatic hydroxyl groups excluding tert-OH is 4. The maximum Gasteiger partial charge on any atom is 0.132 e. The SMILES string of the molecule is OC[C@H]1S[C@@H](OCCc2ccccc2)[C@H](O)[C@@H](O)[C@@H]1O. The third-order valence-corrected chi connectivity index (χ3v) is 4.82. The number of benzene rings is 1. The average Bonchev–Trinajstić information content (AvgIpc) is 2.48. The molecule has 2 rings (SSSR count). The first-order valence-corrected chi connectivity index (χ1v) is 7.54. The molecule has 1 fully saturated rings. The Bertz CT molecular complexity index is 400. The standard InChI is InChI=1S/C14H20O5S/c15-8-10-11(16)12(17)13(18)14(20-10)19-7-6-9-4-2-1-3-5-9/h1-5,10-18H,6-8H2/t10-,11-,12+,13-,14-/m1/s1. The van der Waals surface area contributed by atoms with Gasteiger partial charge in [0.05, 0.1) is 24.6 Å². The van der Waals surface area contributed by atoms with Crippen molar-refractivity contribution in [3.8, 4) is 0 Å². The Morgan fingerprint density at radius 1 is 1.00 bits per heavy atom. The zero-order chi connectivity index (χ0) is 14.5. The summed E-state index contributed by atoms with van der Waals surface area (Å²) in [5.74, 6) is 0. The number of hydrogen-bond acceptors (Lipinski definition) is 6. The summed E-state index contributed by atoms with van der Waals surface area (Å²) in [7, 11) is 0. The second kappa shape index (κ2) is 7.40. The van der Waals surface area contributed by atoms with Crippen molar-refractivity contribution >= 4 is 11.8 Å². The van der Waals surface area contributed by atoms with Crippen LogP contribution in [0, 0.1) is 0 Å². The summed E-state index contributed by atoms with van der Waals surface area (Å²) < 4.78 is 5.58. The van der Waals surface area contributed by atoms with Crippen LogP contribution in [-0.4, -0.2) is 62.6 Å². The molecule has 5 nitrogen and oxygen atoms in total. The van der Waals surface area contributed by atoms with Gasteiger partial charge in [0.25, 0.3) is 0 Å². The van der Waals surface area contributed by atoms with Crippen molar-refractivity contribution in [2.75, 3.05) is 13.2 Å². The van der Waals surface area contributed by atoms with Gasteiger partial charge in [-0.05, 0) is 12.0 Å². The molecule has 0 aromatic heterocycles. The normalized spacial score (nSPS) is 34.1. The Morgan fingerprint density at radius 3 is 2.35 bits per heavy atom. The molecule has 1 aliphatic rings. The number of hydrogen-bond donors (Lipinski definition) is 4. The molecule has 1 aromatic carbocycles. The minimum Gasteiger partial charge on any atom is -0.395 e. The van der Waals surface area contributed by atoms with E-state index in [1.807, 2.05) is 30.3 Å². The third kappa shape index (κ3) is 3.72. The van der Waals surface area contributed by atoms with Crippen LogP contribution in [0.2, 0.25) is 0 Å². The Kier molecular flexibility index (Phi) is 5.83. The van der Waals surface area contributed by atoms with Crippen LogP contribution < -0.4 is 0 Å². The highest BCUT2D eigenvalue weighted by molar-refractivity contribution is 8.00. The molecular formula is C14H20O5S. The first-order valence-electron chi connectivity index (χ1n) is 6.59. The molecule has 6 heteroatoms. The molecule has 0 amide bonds. The topological polar surface area (TPSA) is 90.2 Å². The van der Waals surface area contributed by atoms with Crippen molar-refractivity contribution in [1.82, 2.24) is 0 Å². The average molecular weight is 300 g/mol. The third-order valence-electron chi connectivity index (χ3n) is 3.36. The van der Waals surface area contributed by atoms with Crippen molar-refractivity contribution < 1.29 is 25.2 Å². The highest BCUT2D eigenvalue weighted by atomic mass is 32.2. The van der Waals surface area contributed by atoms with E-state index >= 15 is 0 Å². The fourth-order valence-corrected chi connectivity index (χ4v) is 3.39. The summed E-state index contributed by atoms with van der Waals surface area (Å²) in [6.45, 7) is 0.133. The van der Waals surface area contributed by atoms with E-state index in [-0.39, 0.29) is 6.61 Å². The first-order chi connectivity index (χ1) is 9.63. The molecule has 20 heavy (non-hydrogen) atoms. The van der Waals surface area contributed by atoms with E-state index < -0.39 is 29.0 Å². The van der Waals surface area contributed by atoms with Crippen LogP contribution in [0.15, 0.2) is 30.3 Å². The summed E-state index contributed by atoms with van der Waals surface area (Å²) in [4.78, 5) is 0. The van der Waals surface area contributed by atoms with Crippen molar-refractivity contribution in [2.24, 2.45) is 0 Å².